The summed E-state index contributed by atoms with van der Waals surface area (Å²) in [5, 5.41) is 12.7. The minimum absolute atomic E-state index is 0.0848. The van der Waals surface area contributed by atoms with E-state index in [9.17, 15) is 5.11 Å². The molecule has 1 aromatic rings. The molecule has 0 amide bonds. The lowest BCUT2D eigenvalue weighted by Crippen LogP contribution is -2.13. The zero-order valence-electron chi connectivity index (χ0n) is 10.00. The normalized spacial score (nSPS) is 14.9. The van der Waals surface area contributed by atoms with Gasteiger partial charge in [-0.2, -0.15) is 0 Å². The fourth-order valence-corrected chi connectivity index (χ4v) is 2.23. The first-order chi connectivity index (χ1) is 7.86. The first-order valence-corrected chi connectivity index (χ1v) is 6.29. The Hall–Kier alpha value is -1.03. The molecule has 4 nitrogen and oxygen atoms in total. The number of nitrogens with zero attached hydrogens (tertiary/aromatic N) is 2. The third-order valence-electron chi connectivity index (χ3n) is 3.16. The van der Waals surface area contributed by atoms with E-state index in [1.165, 1.54) is 19.3 Å². The van der Waals surface area contributed by atoms with Gasteiger partial charge in [0.2, 0.25) is 0 Å². The maximum absolute atomic E-state index is 9.42. The summed E-state index contributed by atoms with van der Waals surface area (Å²) >= 11 is 0. The van der Waals surface area contributed by atoms with Crippen LogP contribution in [-0.2, 0) is 19.6 Å². The molecule has 0 spiro atoms. The maximum atomic E-state index is 9.42. The van der Waals surface area contributed by atoms with E-state index in [2.05, 4.69) is 21.8 Å². The topological polar surface area (TPSA) is 50.1 Å². The number of aliphatic hydroxyl groups excluding tert-OH is 1. The van der Waals surface area contributed by atoms with Crippen LogP contribution in [0.5, 0.6) is 0 Å². The summed E-state index contributed by atoms with van der Waals surface area (Å²) in [6.45, 7) is 4.21. The third-order valence-corrected chi connectivity index (χ3v) is 3.16. The standard InChI is InChI=1S/C12H21N3O/c1-2-3-7-13-12-10(9-16)15-8-5-4-6-11(15)14-12/h13,16H,2-9H2,1H3. The van der Waals surface area contributed by atoms with Crippen LogP contribution in [0.3, 0.4) is 0 Å². The minimum Gasteiger partial charge on any atom is -0.390 e. The second-order valence-electron chi connectivity index (χ2n) is 4.37. The smallest absolute Gasteiger partial charge is 0.150 e. The number of hydrogen-bond donors (Lipinski definition) is 2. The highest BCUT2D eigenvalue weighted by Crippen LogP contribution is 2.23. The number of rotatable bonds is 5. The van der Waals surface area contributed by atoms with Gasteiger partial charge in [-0.05, 0) is 19.3 Å². The molecule has 0 bridgehead atoms. The largest absolute Gasteiger partial charge is 0.390 e. The Labute approximate surface area is 96.7 Å². The number of unbranched alkanes of at least 4 members (excludes halogenated alkanes) is 1. The number of hydrogen-bond acceptors (Lipinski definition) is 3. The SMILES string of the molecule is CCCCNc1nc2n(c1CO)CCCC2. The molecule has 0 aliphatic carbocycles. The molecule has 4 heteroatoms. The Balaban J connectivity index is 2.13. The van der Waals surface area contributed by atoms with Crippen LogP contribution in [0.25, 0.3) is 0 Å². The van der Waals surface area contributed by atoms with Crippen molar-refractivity contribution < 1.29 is 5.11 Å². The van der Waals surface area contributed by atoms with Gasteiger partial charge in [0.25, 0.3) is 0 Å². The van der Waals surface area contributed by atoms with Gasteiger partial charge in [-0.1, -0.05) is 13.3 Å². The van der Waals surface area contributed by atoms with Gasteiger partial charge in [-0.15, -0.1) is 0 Å². The van der Waals surface area contributed by atoms with Gasteiger partial charge in [-0.3, -0.25) is 0 Å². The quantitative estimate of drug-likeness (QED) is 0.750. The molecule has 0 saturated carbocycles. The summed E-state index contributed by atoms with van der Waals surface area (Å²) in [6.07, 6.45) is 5.78. The van der Waals surface area contributed by atoms with Crippen LogP contribution in [0.15, 0.2) is 0 Å². The Morgan fingerprint density at radius 3 is 3.06 bits per heavy atom. The molecule has 1 aromatic heterocycles. The second-order valence-corrected chi connectivity index (χ2v) is 4.37. The Morgan fingerprint density at radius 1 is 1.44 bits per heavy atom. The molecule has 1 aliphatic rings. The lowest BCUT2D eigenvalue weighted by Gasteiger charge is -2.15. The molecule has 2 heterocycles. The molecule has 0 saturated heterocycles. The van der Waals surface area contributed by atoms with Crippen LogP contribution in [0, 0.1) is 0 Å². The van der Waals surface area contributed by atoms with Crippen LogP contribution < -0.4 is 5.32 Å². The first-order valence-electron chi connectivity index (χ1n) is 6.29. The second kappa shape index (κ2) is 5.34. The zero-order valence-corrected chi connectivity index (χ0v) is 10.00. The average Bonchev–Trinajstić information content (AvgIpc) is 2.67. The first kappa shape index (κ1) is 11.5. The van der Waals surface area contributed by atoms with Crippen molar-refractivity contribution in [2.24, 2.45) is 0 Å². The molecule has 2 N–H and O–H groups in total. The molecule has 90 valence electrons. The molecular formula is C12H21N3O. The van der Waals surface area contributed by atoms with Crippen molar-refractivity contribution >= 4 is 5.82 Å². The van der Waals surface area contributed by atoms with Crippen LogP contribution >= 0.6 is 0 Å². The van der Waals surface area contributed by atoms with Crippen molar-refractivity contribution in [3.05, 3.63) is 11.5 Å². The Bertz CT molecular complexity index is 346. The van der Waals surface area contributed by atoms with Crippen LogP contribution in [-0.4, -0.2) is 21.2 Å². The van der Waals surface area contributed by atoms with E-state index in [0.717, 1.165) is 43.3 Å². The predicted molar refractivity (Wildman–Crippen MR) is 64.5 cm³/mol. The molecule has 0 fully saturated rings. The highest BCUT2D eigenvalue weighted by Gasteiger charge is 2.18. The van der Waals surface area contributed by atoms with Gasteiger partial charge < -0.3 is 15.0 Å². The zero-order chi connectivity index (χ0) is 11.4. The number of fused-ring (bicyclic) bond motifs is 1. The van der Waals surface area contributed by atoms with Gasteiger partial charge >= 0.3 is 0 Å². The molecule has 0 radical (unpaired) electrons. The van der Waals surface area contributed by atoms with Crippen molar-refractivity contribution in [3.8, 4) is 0 Å². The van der Waals surface area contributed by atoms with E-state index in [1.807, 2.05) is 0 Å². The molecule has 2 rings (SSSR count). The van der Waals surface area contributed by atoms with Gasteiger partial charge in [-0.25, -0.2) is 4.98 Å². The van der Waals surface area contributed by atoms with Gasteiger partial charge in [0, 0.05) is 19.5 Å². The summed E-state index contributed by atoms with van der Waals surface area (Å²) in [6, 6.07) is 0. The lowest BCUT2D eigenvalue weighted by molar-refractivity contribution is 0.268. The maximum Gasteiger partial charge on any atom is 0.150 e. The van der Waals surface area contributed by atoms with Crippen LogP contribution in [0.2, 0.25) is 0 Å². The summed E-state index contributed by atoms with van der Waals surface area (Å²) in [4.78, 5) is 4.59. The molecule has 0 aromatic carbocycles. The third kappa shape index (κ3) is 2.21. The van der Waals surface area contributed by atoms with Crippen LogP contribution in [0.1, 0.15) is 44.1 Å². The average molecular weight is 223 g/mol. The molecule has 0 atom stereocenters. The summed E-state index contributed by atoms with van der Waals surface area (Å²) < 4.78 is 2.18. The number of imidazole rings is 1. The number of aryl methyl sites for hydroxylation is 1. The monoisotopic (exact) mass is 223 g/mol. The van der Waals surface area contributed by atoms with Gasteiger partial charge in [0.15, 0.2) is 0 Å². The highest BCUT2D eigenvalue weighted by atomic mass is 16.3. The predicted octanol–water partition coefficient (Wildman–Crippen LogP) is 1.92. The molecule has 16 heavy (non-hydrogen) atoms. The van der Waals surface area contributed by atoms with Gasteiger partial charge in [0.05, 0.1) is 12.3 Å². The van der Waals surface area contributed by atoms with Crippen molar-refractivity contribution in [1.29, 1.82) is 0 Å². The molecule has 0 unspecified atom stereocenters. The minimum atomic E-state index is 0.0848. The van der Waals surface area contributed by atoms with E-state index in [1.54, 1.807) is 0 Å². The number of anilines is 1. The Morgan fingerprint density at radius 2 is 2.31 bits per heavy atom. The van der Waals surface area contributed by atoms with Crippen LogP contribution in [0.4, 0.5) is 5.82 Å². The number of aliphatic hydroxyl groups is 1. The van der Waals surface area contributed by atoms with E-state index in [-0.39, 0.29) is 6.61 Å². The fraction of sp³-hybridized carbons (Fsp3) is 0.750. The summed E-state index contributed by atoms with van der Waals surface area (Å²) in [5.41, 5.74) is 0.964. The highest BCUT2D eigenvalue weighted by molar-refractivity contribution is 5.42. The van der Waals surface area contributed by atoms with Crippen molar-refractivity contribution in [2.75, 3.05) is 11.9 Å². The van der Waals surface area contributed by atoms with Gasteiger partial charge in [0.1, 0.15) is 11.6 Å². The number of nitrogens with one attached hydrogen (secondary N) is 1. The number of aromatic nitrogens is 2. The lowest BCUT2D eigenvalue weighted by atomic mass is 10.2. The molecular weight excluding hydrogens is 202 g/mol. The summed E-state index contributed by atoms with van der Waals surface area (Å²) in [7, 11) is 0. The Kier molecular flexibility index (Phi) is 3.83. The van der Waals surface area contributed by atoms with Crippen molar-refractivity contribution in [3.63, 3.8) is 0 Å². The summed E-state index contributed by atoms with van der Waals surface area (Å²) in [5.74, 6) is 2.03. The van der Waals surface area contributed by atoms with E-state index < -0.39 is 0 Å². The van der Waals surface area contributed by atoms with E-state index in [4.69, 9.17) is 0 Å². The van der Waals surface area contributed by atoms with Crippen molar-refractivity contribution in [1.82, 2.24) is 9.55 Å². The van der Waals surface area contributed by atoms with Crippen molar-refractivity contribution in [2.45, 2.75) is 52.2 Å². The van der Waals surface area contributed by atoms with E-state index in [0.29, 0.717) is 0 Å². The van der Waals surface area contributed by atoms with E-state index >= 15 is 0 Å². The fourth-order valence-electron chi connectivity index (χ4n) is 2.23. The molecule has 1 aliphatic heterocycles.